The maximum atomic E-state index is 13.0. The maximum Gasteiger partial charge on any atom is 0.345 e. The van der Waals surface area contributed by atoms with Crippen LogP contribution in [0.2, 0.25) is 0 Å². The Bertz CT molecular complexity index is 937. The first-order valence-electron chi connectivity index (χ1n) is 9.71. The summed E-state index contributed by atoms with van der Waals surface area (Å²) in [7, 11) is -3.70. The standard InChI is InChI=1S/C21H26N2O5S/c1-3-23(4-2)29(25,26)18-10-11-20(22-12-14-27-15-13-22)19(16-18)21(24)28-17-8-6-5-7-9-17/h5-11,16H,3-4,12-15H2,1-2H3. The Hall–Kier alpha value is -2.42. The quantitative estimate of drug-likeness (QED) is 0.508. The number of esters is 1. The molecule has 0 radical (unpaired) electrons. The first kappa shape index (κ1) is 21.3. The molecule has 0 N–H and O–H groups in total. The molecular formula is C21H26N2O5S. The summed E-state index contributed by atoms with van der Waals surface area (Å²) in [5.74, 6) is -0.184. The molecule has 0 aromatic heterocycles. The van der Waals surface area contributed by atoms with Crippen LogP contribution in [0.3, 0.4) is 0 Å². The normalized spacial score (nSPS) is 14.8. The SMILES string of the molecule is CCN(CC)S(=O)(=O)c1ccc(N2CCOCC2)c(C(=O)Oc2ccccc2)c1. The van der Waals surface area contributed by atoms with Crippen molar-refractivity contribution >= 4 is 21.7 Å². The van der Waals surface area contributed by atoms with Crippen molar-refractivity contribution in [2.75, 3.05) is 44.3 Å². The van der Waals surface area contributed by atoms with Gasteiger partial charge in [0.25, 0.3) is 0 Å². The molecule has 29 heavy (non-hydrogen) atoms. The van der Waals surface area contributed by atoms with Crippen LogP contribution in [-0.4, -0.2) is 58.1 Å². The van der Waals surface area contributed by atoms with Crippen molar-refractivity contribution in [3.63, 3.8) is 0 Å². The van der Waals surface area contributed by atoms with Gasteiger partial charge in [0.2, 0.25) is 10.0 Å². The number of morpholine rings is 1. The highest BCUT2D eigenvalue weighted by Crippen LogP contribution is 2.28. The van der Waals surface area contributed by atoms with Gasteiger partial charge in [0.15, 0.2) is 0 Å². The molecular weight excluding hydrogens is 392 g/mol. The molecule has 1 aliphatic rings. The maximum absolute atomic E-state index is 13.0. The Morgan fingerprint density at radius 1 is 1.07 bits per heavy atom. The second-order valence-electron chi connectivity index (χ2n) is 6.57. The van der Waals surface area contributed by atoms with Crippen molar-refractivity contribution in [2.24, 2.45) is 0 Å². The predicted octanol–water partition coefficient (Wildman–Crippen LogP) is 2.77. The van der Waals surface area contributed by atoms with Crippen molar-refractivity contribution in [3.8, 4) is 5.75 Å². The van der Waals surface area contributed by atoms with Gasteiger partial charge in [0, 0.05) is 26.2 Å². The summed E-state index contributed by atoms with van der Waals surface area (Å²) in [5.41, 5.74) is 0.872. The van der Waals surface area contributed by atoms with E-state index in [0.717, 1.165) is 0 Å². The number of ether oxygens (including phenoxy) is 2. The molecule has 0 atom stereocenters. The number of carbonyl (C=O) groups excluding carboxylic acids is 1. The van der Waals surface area contributed by atoms with E-state index in [1.165, 1.54) is 10.4 Å². The highest BCUT2D eigenvalue weighted by molar-refractivity contribution is 7.89. The smallest absolute Gasteiger partial charge is 0.345 e. The molecule has 1 heterocycles. The van der Waals surface area contributed by atoms with E-state index in [-0.39, 0.29) is 10.5 Å². The number of sulfonamides is 1. The van der Waals surface area contributed by atoms with Crippen LogP contribution >= 0.6 is 0 Å². The number of rotatable bonds is 7. The molecule has 0 aliphatic carbocycles. The molecule has 0 spiro atoms. The average molecular weight is 419 g/mol. The average Bonchev–Trinajstić information content (AvgIpc) is 2.75. The fourth-order valence-electron chi connectivity index (χ4n) is 3.28. The topological polar surface area (TPSA) is 76.2 Å². The van der Waals surface area contributed by atoms with Crippen molar-refractivity contribution in [1.82, 2.24) is 4.31 Å². The van der Waals surface area contributed by atoms with E-state index in [4.69, 9.17) is 9.47 Å². The van der Waals surface area contributed by atoms with E-state index in [1.54, 1.807) is 50.2 Å². The summed E-state index contributed by atoms with van der Waals surface area (Å²) in [6, 6.07) is 13.4. The second-order valence-corrected chi connectivity index (χ2v) is 8.51. The number of anilines is 1. The van der Waals surface area contributed by atoms with Crippen LogP contribution in [0.5, 0.6) is 5.75 Å². The summed E-state index contributed by atoms with van der Waals surface area (Å²) in [6.07, 6.45) is 0. The molecule has 1 aliphatic heterocycles. The van der Waals surface area contributed by atoms with Crippen LogP contribution in [-0.2, 0) is 14.8 Å². The molecule has 7 nitrogen and oxygen atoms in total. The van der Waals surface area contributed by atoms with Crippen LogP contribution in [0, 0.1) is 0 Å². The second kappa shape index (κ2) is 9.39. The van der Waals surface area contributed by atoms with E-state index in [2.05, 4.69) is 0 Å². The van der Waals surface area contributed by atoms with E-state index in [9.17, 15) is 13.2 Å². The lowest BCUT2D eigenvalue weighted by molar-refractivity contribution is 0.0734. The van der Waals surface area contributed by atoms with Gasteiger partial charge in [-0.15, -0.1) is 0 Å². The predicted molar refractivity (Wildman–Crippen MR) is 111 cm³/mol. The third kappa shape index (κ3) is 4.77. The summed E-state index contributed by atoms with van der Waals surface area (Å²) in [6.45, 7) is 6.62. The zero-order chi connectivity index (χ0) is 20.9. The summed E-state index contributed by atoms with van der Waals surface area (Å²) in [4.78, 5) is 15.1. The van der Waals surface area contributed by atoms with Crippen molar-refractivity contribution < 1.29 is 22.7 Å². The van der Waals surface area contributed by atoms with Gasteiger partial charge in [-0.1, -0.05) is 32.0 Å². The molecule has 0 amide bonds. The van der Waals surface area contributed by atoms with E-state index in [1.807, 2.05) is 11.0 Å². The van der Waals surface area contributed by atoms with Crippen LogP contribution in [0.15, 0.2) is 53.4 Å². The van der Waals surface area contributed by atoms with Crippen LogP contribution in [0.25, 0.3) is 0 Å². The molecule has 8 heteroatoms. The van der Waals surface area contributed by atoms with Gasteiger partial charge in [-0.25, -0.2) is 13.2 Å². The molecule has 2 aromatic rings. The van der Waals surface area contributed by atoms with Gasteiger partial charge in [-0.2, -0.15) is 4.31 Å². The van der Waals surface area contributed by atoms with Crippen molar-refractivity contribution in [2.45, 2.75) is 18.7 Å². The molecule has 156 valence electrons. The molecule has 3 rings (SSSR count). The molecule has 0 bridgehead atoms. The van der Waals surface area contributed by atoms with E-state index < -0.39 is 16.0 Å². The summed E-state index contributed by atoms with van der Waals surface area (Å²) in [5, 5.41) is 0. The number of nitrogens with zero attached hydrogens (tertiary/aromatic N) is 2. The minimum absolute atomic E-state index is 0.0817. The molecule has 2 aromatic carbocycles. The fraction of sp³-hybridized carbons (Fsp3) is 0.381. The molecule has 1 saturated heterocycles. The zero-order valence-electron chi connectivity index (χ0n) is 16.7. The first-order valence-corrected chi connectivity index (χ1v) is 11.2. The van der Waals surface area contributed by atoms with Gasteiger partial charge < -0.3 is 14.4 Å². The third-order valence-corrected chi connectivity index (χ3v) is 6.88. The Labute approximate surface area is 171 Å². The fourth-order valence-corrected chi connectivity index (χ4v) is 4.77. The molecule has 0 unspecified atom stereocenters. The third-order valence-electron chi connectivity index (χ3n) is 4.84. The number of hydrogen-bond acceptors (Lipinski definition) is 6. The number of hydrogen-bond donors (Lipinski definition) is 0. The first-order chi connectivity index (χ1) is 14.0. The highest BCUT2D eigenvalue weighted by Gasteiger charge is 2.27. The van der Waals surface area contributed by atoms with Gasteiger partial charge >= 0.3 is 5.97 Å². The summed E-state index contributed by atoms with van der Waals surface area (Å²) >= 11 is 0. The largest absolute Gasteiger partial charge is 0.423 e. The van der Waals surface area contributed by atoms with E-state index in [0.29, 0.717) is 50.8 Å². The Morgan fingerprint density at radius 3 is 2.34 bits per heavy atom. The Balaban J connectivity index is 2.02. The van der Waals surface area contributed by atoms with Crippen LogP contribution < -0.4 is 9.64 Å². The van der Waals surface area contributed by atoms with E-state index >= 15 is 0 Å². The van der Waals surface area contributed by atoms with Crippen LogP contribution in [0.1, 0.15) is 24.2 Å². The lowest BCUT2D eigenvalue weighted by Gasteiger charge is -2.30. The minimum Gasteiger partial charge on any atom is -0.423 e. The van der Waals surface area contributed by atoms with Gasteiger partial charge in [0.05, 0.1) is 29.4 Å². The van der Waals surface area contributed by atoms with Crippen molar-refractivity contribution in [3.05, 3.63) is 54.1 Å². The minimum atomic E-state index is -3.70. The zero-order valence-corrected chi connectivity index (χ0v) is 17.5. The highest BCUT2D eigenvalue weighted by atomic mass is 32.2. The Kier molecular flexibility index (Phi) is 6.89. The van der Waals surface area contributed by atoms with Crippen LogP contribution in [0.4, 0.5) is 5.69 Å². The Morgan fingerprint density at radius 2 is 1.72 bits per heavy atom. The monoisotopic (exact) mass is 418 g/mol. The van der Waals surface area contributed by atoms with Gasteiger partial charge in [-0.3, -0.25) is 0 Å². The number of carbonyl (C=O) groups is 1. The number of benzene rings is 2. The summed E-state index contributed by atoms with van der Waals surface area (Å²) < 4.78 is 38.2. The molecule has 0 saturated carbocycles. The molecule has 1 fully saturated rings. The van der Waals surface area contributed by atoms with Gasteiger partial charge in [-0.05, 0) is 30.3 Å². The lowest BCUT2D eigenvalue weighted by Crippen LogP contribution is -2.37. The number of para-hydroxylation sites is 1. The van der Waals surface area contributed by atoms with Gasteiger partial charge in [0.1, 0.15) is 5.75 Å². The lowest BCUT2D eigenvalue weighted by atomic mass is 10.1. The van der Waals surface area contributed by atoms with Crippen molar-refractivity contribution in [1.29, 1.82) is 0 Å².